The van der Waals surface area contributed by atoms with Crippen LogP contribution in [-0.2, 0) is 6.61 Å². The highest BCUT2D eigenvalue weighted by Crippen LogP contribution is 2.22. The molecule has 0 spiro atoms. The van der Waals surface area contributed by atoms with Crippen LogP contribution < -0.4 is 4.74 Å². The lowest BCUT2D eigenvalue weighted by Crippen LogP contribution is -1.94. The normalized spacial score (nSPS) is 10.4. The van der Waals surface area contributed by atoms with E-state index in [9.17, 15) is 4.79 Å². The van der Waals surface area contributed by atoms with Crippen LogP contribution in [0, 0.1) is 6.92 Å². The second kappa shape index (κ2) is 5.50. The van der Waals surface area contributed by atoms with Gasteiger partial charge in [-0.1, -0.05) is 17.7 Å². The van der Waals surface area contributed by atoms with Gasteiger partial charge in [-0.2, -0.15) is 0 Å². The lowest BCUT2D eigenvalue weighted by atomic mass is 10.3. The van der Waals surface area contributed by atoms with E-state index in [1.165, 1.54) is 11.3 Å². The second-order valence-electron chi connectivity index (χ2n) is 3.82. The molecule has 0 N–H and O–H groups in total. The van der Waals surface area contributed by atoms with Gasteiger partial charge < -0.3 is 4.74 Å². The van der Waals surface area contributed by atoms with E-state index in [-0.39, 0.29) is 5.78 Å². The van der Waals surface area contributed by atoms with Gasteiger partial charge in [-0.25, -0.2) is 4.98 Å². The zero-order valence-electron chi connectivity index (χ0n) is 10.1. The summed E-state index contributed by atoms with van der Waals surface area (Å²) in [5, 5.41) is 1.42. The molecule has 0 aliphatic carbocycles. The minimum atomic E-state index is 0.0407. The number of benzene rings is 1. The van der Waals surface area contributed by atoms with Gasteiger partial charge in [0, 0.05) is 11.9 Å². The van der Waals surface area contributed by atoms with Crippen LogP contribution in [0.1, 0.15) is 27.3 Å². The Labute approximate surface area is 114 Å². The maximum Gasteiger partial charge on any atom is 0.171 e. The lowest BCUT2D eigenvalue weighted by Gasteiger charge is -2.03. The van der Waals surface area contributed by atoms with Gasteiger partial charge >= 0.3 is 0 Å². The zero-order chi connectivity index (χ0) is 13.1. The fourth-order valence-electron chi connectivity index (χ4n) is 1.54. The SMILES string of the molecule is CC(=O)c1sc(COc2cccc(Cl)c2)nc1C. The summed E-state index contributed by atoms with van der Waals surface area (Å²) in [5.41, 5.74) is 0.761. The van der Waals surface area contributed by atoms with Crippen LogP contribution in [0.15, 0.2) is 24.3 Å². The molecule has 0 aliphatic rings. The number of hydrogen-bond acceptors (Lipinski definition) is 4. The van der Waals surface area contributed by atoms with E-state index >= 15 is 0 Å². The van der Waals surface area contributed by atoms with Gasteiger partial charge in [0.1, 0.15) is 17.4 Å². The molecule has 1 aromatic carbocycles. The Hall–Kier alpha value is -1.39. The molecule has 0 radical (unpaired) electrons. The number of Topliss-reactive ketones (excluding diaryl/α,β-unsaturated/α-hetero) is 1. The van der Waals surface area contributed by atoms with Crippen LogP contribution in [-0.4, -0.2) is 10.8 Å². The summed E-state index contributed by atoms with van der Waals surface area (Å²) in [6, 6.07) is 7.19. The van der Waals surface area contributed by atoms with Gasteiger partial charge in [-0.3, -0.25) is 4.79 Å². The summed E-state index contributed by atoms with van der Waals surface area (Å²) in [6.45, 7) is 3.72. The van der Waals surface area contributed by atoms with E-state index in [2.05, 4.69) is 4.98 Å². The number of aryl methyl sites for hydroxylation is 1. The summed E-state index contributed by atoms with van der Waals surface area (Å²) < 4.78 is 5.57. The van der Waals surface area contributed by atoms with Gasteiger partial charge in [0.25, 0.3) is 0 Å². The first kappa shape index (κ1) is 13.1. The van der Waals surface area contributed by atoms with Crippen molar-refractivity contribution in [1.82, 2.24) is 4.98 Å². The molecule has 0 aliphatic heterocycles. The number of rotatable bonds is 4. The molecule has 0 saturated heterocycles. The maximum atomic E-state index is 11.3. The molecule has 5 heteroatoms. The van der Waals surface area contributed by atoms with Crippen molar-refractivity contribution in [2.45, 2.75) is 20.5 Å². The van der Waals surface area contributed by atoms with Crippen molar-refractivity contribution >= 4 is 28.7 Å². The third-order valence-corrected chi connectivity index (χ3v) is 3.79. The van der Waals surface area contributed by atoms with Crippen LogP contribution >= 0.6 is 22.9 Å². The number of ether oxygens (including phenoxy) is 1. The van der Waals surface area contributed by atoms with Crippen molar-refractivity contribution in [3.05, 3.63) is 44.9 Å². The van der Waals surface area contributed by atoms with Crippen LogP contribution in [0.4, 0.5) is 0 Å². The van der Waals surface area contributed by atoms with Gasteiger partial charge in [0.15, 0.2) is 5.78 Å². The third-order valence-electron chi connectivity index (χ3n) is 2.32. The average molecular weight is 282 g/mol. The largest absolute Gasteiger partial charge is 0.486 e. The number of nitrogens with zero attached hydrogens (tertiary/aromatic N) is 1. The molecule has 1 heterocycles. The number of thiazole rings is 1. The molecule has 2 rings (SSSR count). The van der Waals surface area contributed by atoms with Crippen molar-refractivity contribution in [2.75, 3.05) is 0 Å². The van der Waals surface area contributed by atoms with E-state index < -0.39 is 0 Å². The third kappa shape index (κ3) is 3.09. The summed E-state index contributed by atoms with van der Waals surface area (Å²) in [7, 11) is 0. The monoisotopic (exact) mass is 281 g/mol. The number of hydrogen-bond donors (Lipinski definition) is 0. The highest BCUT2D eigenvalue weighted by Gasteiger charge is 2.11. The minimum Gasteiger partial charge on any atom is -0.486 e. The van der Waals surface area contributed by atoms with Gasteiger partial charge in [0.05, 0.1) is 10.6 Å². The van der Waals surface area contributed by atoms with E-state index in [1.54, 1.807) is 19.1 Å². The van der Waals surface area contributed by atoms with E-state index in [0.717, 1.165) is 10.7 Å². The molecule has 0 saturated carbocycles. The Kier molecular flexibility index (Phi) is 3.99. The Morgan fingerprint density at radius 2 is 2.28 bits per heavy atom. The first-order chi connectivity index (χ1) is 8.56. The summed E-state index contributed by atoms with van der Waals surface area (Å²) in [6.07, 6.45) is 0. The van der Waals surface area contributed by atoms with Crippen molar-refractivity contribution < 1.29 is 9.53 Å². The first-order valence-electron chi connectivity index (χ1n) is 5.42. The molecular formula is C13H12ClNO2S. The topological polar surface area (TPSA) is 39.2 Å². The molecule has 2 aromatic rings. The molecule has 18 heavy (non-hydrogen) atoms. The molecule has 0 atom stereocenters. The number of ketones is 1. The van der Waals surface area contributed by atoms with E-state index in [4.69, 9.17) is 16.3 Å². The van der Waals surface area contributed by atoms with Crippen molar-refractivity contribution in [2.24, 2.45) is 0 Å². The molecule has 1 aromatic heterocycles. The first-order valence-corrected chi connectivity index (χ1v) is 6.61. The standard InChI is InChI=1S/C13H12ClNO2S/c1-8-13(9(2)16)18-12(15-8)7-17-11-5-3-4-10(14)6-11/h3-6H,7H2,1-2H3. The number of aromatic nitrogens is 1. The number of carbonyl (C=O) groups is 1. The summed E-state index contributed by atoms with van der Waals surface area (Å²) in [4.78, 5) is 16.3. The van der Waals surface area contributed by atoms with Gasteiger partial charge in [-0.15, -0.1) is 11.3 Å². The Bertz CT molecular complexity index is 580. The quantitative estimate of drug-likeness (QED) is 0.798. The van der Waals surface area contributed by atoms with E-state index in [0.29, 0.717) is 22.3 Å². The Morgan fingerprint density at radius 1 is 1.50 bits per heavy atom. The summed E-state index contributed by atoms with van der Waals surface area (Å²) in [5.74, 6) is 0.735. The predicted molar refractivity (Wildman–Crippen MR) is 72.6 cm³/mol. The maximum absolute atomic E-state index is 11.3. The van der Waals surface area contributed by atoms with Crippen molar-refractivity contribution in [1.29, 1.82) is 0 Å². The minimum absolute atomic E-state index is 0.0407. The van der Waals surface area contributed by atoms with Crippen molar-refractivity contribution in [3.8, 4) is 5.75 Å². The fourth-order valence-corrected chi connectivity index (χ4v) is 2.60. The Morgan fingerprint density at radius 3 is 2.89 bits per heavy atom. The molecule has 0 unspecified atom stereocenters. The molecule has 3 nitrogen and oxygen atoms in total. The van der Waals surface area contributed by atoms with Crippen LogP contribution in [0.3, 0.4) is 0 Å². The van der Waals surface area contributed by atoms with Crippen molar-refractivity contribution in [3.63, 3.8) is 0 Å². The predicted octanol–water partition coefficient (Wildman–Crippen LogP) is 3.89. The van der Waals surface area contributed by atoms with Crippen LogP contribution in [0.5, 0.6) is 5.75 Å². The lowest BCUT2D eigenvalue weighted by molar-refractivity contribution is 0.102. The van der Waals surface area contributed by atoms with Gasteiger partial charge in [-0.05, 0) is 25.1 Å². The fraction of sp³-hybridized carbons (Fsp3) is 0.231. The number of halogens is 1. The van der Waals surface area contributed by atoms with Gasteiger partial charge in [0.2, 0.25) is 0 Å². The Balaban J connectivity index is 2.06. The molecule has 0 fully saturated rings. The highest BCUT2D eigenvalue weighted by molar-refractivity contribution is 7.13. The highest BCUT2D eigenvalue weighted by atomic mass is 35.5. The van der Waals surface area contributed by atoms with Crippen LogP contribution in [0.2, 0.25) is 5.02 Å². The number of carbonyl (C=O) groups excluding carboxylic acids is 1. The average Bonchev–Trinajstić information content (AvgIpc) is 2.68. The van der Waals surface area contributed by atoms with Crippen LogP contribution in [0.25, 0.3) is 0 Å². The smallest absolute Gasteiger partial charge is 0.171 e. The second-order valence-corrected chi connectivity index (χ2v) is 5.34. The molecule has 0 amide bonds. The molecular weight excluding hydrogens is 270 g/mol. The summed E-state index contributed by atoms with van der Waals surface area (Å²) >= 11 is 7.23. The molecule has 94 valence electrons. The molecule has 0 bridgehead atoms. The van der Waals surface area contributed by atoms with E-state index in [1.807, 2.05) is 19.1 Å². The zero-order valence-corrected chi connectivity index (χ0v) is 11.6.